The zero-order valence-electron chi connectivity index (χ0n) is 11.5. The van der Waals surface area contributed by atoms with Crippen LogP contribution in [0, 0.1) is 23.3 Å². The Balaban J connectivity index is 2.33. The fraction of sp³-hybridized carbons (Fsp3) is 0.250. The summed E-state index contributed by atoms with van der Waals surface area (Å²) >= 11 is 0. The van der Waals surface area contributed by atoms with Gasteiger partial charge < -0.3 is 5.32 Å². The summed E-state index contributed by atoms with van der Waals surface area (Å²) in [6, 6.07) is 7.56. The molecule has 0 bridgehead atoms. The Labute approximate surface area is 120 Å². The first-order chi connectivity index (χ1) is 10.0. The number of benzene rings is 2. The van der Waals surface area contributed by atoms with Crippen molar-refractivity contribution >= 4 is 0 Å². The molecule has 0 saturated heterocycles. The summed E-state index contributed by atoms with van der Waals surface area (Å²) < 4.78 is 53.4. The standard InChI is InChI=1S/C16H15F4N/c1-2-21-15(9-10-5-3-4-6-12(10)17)11-7-13(18)16(20)14(19)8-11/h3-8,15,21H,2,9H2,1H3. The summed E-state index contributed by atoms with van der Waals surface area (Å²) in [6.07, 6.45) is 0.213. The summed E-state index contributed by atoms with van der Waals surface area (Å²) in [7, 11) is 0. The summed E-state index contributed by atoms with van der Waals surface area (Å²) in [5, 5.41) is 3.03. The van der Waals surface area contributed by atoms with Gasteiger partial charge in [0.25, 0.3) is 0 Å². The Bertz CT molecular complexity index is 604. The van der Waals surface area contributed by atoms with Crippen LogP contribution in [0.1, 0.15) is 24.1 Å². The minimum atomic E-state index is -1.50. The average molecular weight is 297 g/mol. The van der Waals surface area contributed by atoms with E-state index in [4.69, 9.17) is 0 Å². The SMILES string of the molecule is CCNC(Cc1ccccc1F)c1cc(F)c(F)c(F)c1. The van der Waals surface area contributed by atoms with Gasteiger partial charge in [-0.15, -0.1) is 0 Å². The molecule has 112 valence electrons. The van der Waals surface area contributed by atoms with Gasteiger partial charge in [0, 0.05) is 6.04 Å². The summed E-state index contributed by atoms with van der Waals surface area (Å²) in [5.41, 5.74) is 0.671. The van der Waals surface area contributed by atoms with E-state index in [0.29, 0.717) is 12.1 Å². The molecule has 0 aliphatic heterocycles. The Hall–Kier alpha value is -1.88. The minimum absolute atomic E-state index is 0.213. The maximum atomic E-state index is 13.7. The van der Waals surface area contributed by atoms with E-state index < -0.39 is 23.5 Å². The van der Waals surface area contributed by atoms with Crippen molar-refractivity contribution in [2.75, 3.05) is 6.54 Å². The average Bonchev–Trinajstić information content (AvgIpc) is 2.46. The molecule has 0 heterocycles. The second-order valence-corrected chi connectivity index (χ2v) is 4.70. The molecule has 0 amide bonds. The first kappa shape index (κ1) is 15.5. The monoisotopic (exact) mass is 297 g/mol. The van der Waals surface area contributed by atoms with E-state index in [9.17, 15) is 17.6 Å². The Morgan fingerprint density at radius 1 is 0.952 bits per heavy atom. The molecule has 0 spiro atoms. The van der Waals surface area contributed by atoms with Gasteiger partial charge in [-0.25, -0.2) is 17.6 Å². The quantitative estimate of drug-likeness (QED) is 0.646. The fourth-order valence-electron chi connectivity index (χ4n) is 2.21. The molecule has 0 fully saturated rings. The number of hydrogen-bond donors (Lipinski definition) is 1. The lowest BCUT2D eigenvalue weighted by molar-refractivity contribution is 0.439. The predicted molar refractivity (Wildman–Crippen MR) is 72.8 cm³/mol. The second kappa shape index (κ2) is 6.72. The van der Waals surface area contributed by atoms with Gasteiger partial charge in [0.15, 0.2) is 17.5 Å². The molecule has 0 saturated carbocycles. The molecule has 0 radical (unpaired) electrons. The van der Waals surface area contributed by atoms with Gasteiger partial charge in [-0.1, -0.05) is 25.1 Å². The smallest absolute Gasteiger partial charge is 0.194 e. The van der Waals surface area contributed by atoms with Crippen LogP contribution in [-0.2, 0) is 6.42 Å². The maximum Gasteiger partial charge on any atom is 0.194 e. The van der Waals surface area contributed by atoms with Gasteiger partial charge in [0.2, 0.25) is 0 Å². The Kier molecular flexibility index (Phi) is 4.96. The third kappa shape index (κ3) is 3.61. The van der Waals surface area contributed by atoms with Crippen LogP contribution >= 0.6 is 0 Å². The summed E-state index contributed by atoms with van der Waals surface area (Å²) in [5.74, 6) is -4.38. The van der Waals surface area contributed by atoms with Crippen LogP contribution in [0.2, 0.25) is 0 Å². The topological polar surface area (TPSA) is 12.0 Å². The molecule has 1 unspecified atom stereocenters. The van der Waals surface area contributed by atoms with E-state index in [-0.39, 0.29) is 17.8 Å². The number of likely N-dealkylation sites (N-methyl/N-ethyl adjacent to an activating group) is 1. The molecule has 0 aliphatic carbocycles. The number of nitrogens with one attached hydrogen (secondary N) is 1. The van der Waals surface area contributed by atoms with Crippen LogP contribution in [0.4, 0.5) is 17.6 Å². The highest BCUT2D eigenvalue weighted by atomic mass is 19.2. The van der Waals surface area contributed by atoms with Crippen molar-refractivity contribution in [1.29, 1.82) is 0 Å². The number of halogens is 4. The van der Waals surface area contributed by atoms with Gasteiger partial charge in [-0.3, -0.25) is 0 Å². The Morgan fingerprint density at radius 2 is 1.57 bits per heavy atom. The number of hydrogen-bond acceptors (Lipinski definition) is 1. The van der Waals surface area contributed by atoms with Gasteiger partial charge in [-0.05, 0) is 42.3 Å². The zero-order valence-corrected chi connectivity index (χ0v) is 11.5. The van der Waals surface area contributed by atoms with Gasteiger partial charge >= 0.3 is 0 Å². The van der Waals surface area contributed by atoms with E-state index in [1.165, 1.54) is 6.07 Å². The summed E-state index contributed by atoms with van der Waals surface area (Å²) in [4.78, 5) is 0. The van der Waals surface area contributed by atoms with E-state index in [2.05, 4.69) is 5.32 Å². The third-order valence-corrected chi connectivity index (χ3v) is 3.24. The fourth-order valence-corrected chi connectivity index (χ4v) is 2.21. The van der Waals surface area contributed by atoms with Gasteiger partial charge in [-0.2, -0.15) is 0 Å². The van der Waals surface area contributed by atoms with Crippen molar-refractivity contribution in [3.05, 3.63) is 70.8 Å². The van der Waals surface area contributed by atoms with Crippen molar-refractivity contribution < 1.29 is 17.6 Å². The molecule has 0 aromatic heterocycles. The van der Waals surface area contributed by atoms with E-state index in [1.807, 2.05) is 6.92 Å². The molecule has 2 aromatic carbocycles. The van der Waals surface area contributed by atoms with Gasteiger partial charge in [0.1, 0.15) is 5.82 Å². The molecule has 5 heteroatoms. The molecule has 1 N–H and O–H groups in total. The third-order valence-electron chi connectivity index (χ3n) is 3.24. The highest BCUT2D eigenvalue weighted by molar-refractivity contribution is 5.26. The molecule has 21 heavy (non-hydrogen) atoms. The lowest BCUT2D eigenvalue weighted by Crippen LogP contribution is -2.24. The number of rotatable bonds is 5. The highest BCUT2D eigenvalue weighted by Gasteiger charge is 2.18. The molecular formula is C16H15F4N. The first-order valence-electron chi connectivity index (χ1n) is 6.64. The van der Waals surface area contributed by atoms with Crippen molar-refractivity contribution in [1.82, 2.24) is 5.32 Å². The van der Waals surface area contributed by atoms with Crippen molar-refractivity contribution in [3.63, 3.8) is 0 Å². The normalized spacial score (nSPS) is 12.4. The van der Waals surface area contributed by atoms with Crippen LogP contribution < -0.4 is 5.32 Å². The van der Waals surface area contributed by atoms with Crippen LogP contribution in [0.25, 0.3) is 0 Å². The molecule has 2 rings (SSSR count). The molecule has 2 aromatic rings. The van der Waals surface area contributed by atoms with E-state index in [1.54, 1.807) is 18.2 Å². The zero-order chi connectivity index (χ0) is 15.4. The highest BCUT2D eigenvalue weighted by Crippen LogP contribution is 2.23. The minimum Gasteiger partial charge on any atom is -0.310 e. The van der Waals surface area contributed by atoms with Crippen molar-refractivity contribution in [3.8, 4) is 0 Å². The molecule has 0 aliphatic rings. The largest absolute Gasteiger partial charge is 0.310 e. The maximum absolute atomic E-state index is 13.7. The van der Waals surface area contributed by atoms with Crippen LogP contribution in [-0.4, -0.2) is 6.54 Å². The van der Waals surface area contributed by atoms with Crippen LogP contribution in [0.15, 0.2) is 36.4 Å². The van der Waals surface area contributed by atoms with Crippen LogP contribution in [0.3, 0.4) is 0 Å². The Morgan fingerprint density at radius 3 is 2.14 bits per heavy atom. The lowest BCUT2D eigenvalue weighted by Gasteiger charge is -2.19. The van der Waals surface area contributed by atoms with E-state index in [0.717, 1.165) is 12.1 Å². The second-order valence-electron chi connectivity index (χ2n) is 4.70. The summed E-state index contributed by atoms with van der Waals surface area (Å²) in [6.45, 7) is 2.35. The first-order valence-corrected chi connectivity index (χ1v) is 6.64. The predicted octanol–water partition coefficient (Wildman–Crippen LogP) is 4.14. The molecule has 1 nitrogen and oxygen atoms in total. The van der Waals surface area contributed by atoms with Gasteiger partial charge in [0.05, 0.1) is 0 Å². The van der Waals surface area contributed by atoms with Crippen LogP contribution in [0.5, 0.6) is 0 Å². The van der Waals surface area contributed by atoms with E-state index >= 15 is 0 Å². The lowest BCUT2D eigenvalue weighted by atomic mass is 9.98. The molecular weight excluding hydrogens is 282 g/mol. The van der Waals surface area contributed by atoms with Crippen molar-refractivity contribution in [2.45, 2.75) is 19.4 Å². The van der Waals surface area contributed by atoms with Crippen molar-refractivity contribution in [2.24, 2.45) is 0 Å². The molecule has 1 atom stereocenters.